The van der Waals surface area contributed by atoms with Crippen LogP contribution in [0.3, 0.4) is 0 Å². The van der Waals surface area contributed by atoms with Crippen molar-refractivity contribution < 1.29 is 47.0 Å². The topological polar surface area (TPSA) is 190 Å². The zero-order valence-electron chi connectivity index (χ0n) is 7.15. The van der Waals surface area contributed by atoms with Gasteiger partial charge in [0.25, 0.3) is 20.2 Å². The molecule has 100 valence electrons. The van der Waals surface area contributed by atoms with Crippen molar-refractivity contribution in [3.05, 3.63) is 0 Å². The first-order valence-corrected chi connectivity index (χ1v) is 5.88. The van der Waals surface area contributed by atoms with Crippen molar-refractivity contribution in [2.75, 3.05) is 12.5 Å². The zero-order chi connectivity index (χ0) is 11.7. The van der Waals surface area contributed by atoms with Gasteiger partial charge in [-0.05, 0) is 0 Å². The second kappa shape index (κ2) is 13.7. The van der Waals surface area contributed by atoms with E-state index in [0.29, 0.717) is 6.26 Å². The smallest absolute Gasteiger partial charge is 0.290 e. The lowest BCUT2D eigenvalue weighted by atomic mass is 12.0. The lowest BCUT2D eigenvalue weighted by Gasteiger charge is -1.81. The summed E-state index contributed by atoms with van der Waals surface area (Å²) in [6.45, 7) is 0. The molecule has 0 fully saturated rings. The number of rotatable bonds is 1. The molecule has 0 unspecified atom stereocenters. The molecular weight excluding hydrogens is 260 g/mol. The Morgan fingerprint density at radius 3 is 1.07 bits per heavy atom. The quantitative estimate of drug-likeness (QED) is 0.258. The van der Waals surface area contributed by atoms with Gasteiger partial charge in [0.1, 0.15) is 0 Å². The maximum atomic E-state index is 9.53. The van der Waals surface area contributed by atoms with E-state index >= 15 is 0 Å². The Balaban J connectivity index is -0.0000000344. The van der Waals surface area contributed by atoms with Gasteiger partial charge in [0.2, 0.25) is 0 Å². The molecule has 0 rings (SSSR count). The molecule has 0 atom stereocenters. The molecule has 0 aliphatic rings. The Bertz CT molecular complexity index is 266. The van der Waals surface area contributed by atoms with Crippen molar-refractivity contribution in [1.29, 1.82) is 0 Å². The predicted molar refractivity (Wildman–Crippen MR) is 51.6 cm³/mol. The summed E-state index contributed by atoms with van der Waals surface area (Å²) in [6.07, 6.45) is 1.46. The van der Waals surface area contributed by atoms with Crippen LogP contribution in [0.2, 0.25) is 0 Å². The third kappa shape index (κ3) is 262. The molecule has 0 radical (unpaired) electrons. The molecule has 0 aliphatic carbocycles. The van der Waals surface area contributed by atoms with Gasteiger partial charge in [-0.1, -0.05) is 7.43 Å². The average molecular weight is 276 g/mol. The third-order valence-corrected chi connectivity index (χ3v) is 0.406. The molecule has 0 bridgehead atoms. The van der Waals surface area contributed by atoms with E-state index in [1.165, 1.54) is 0 Å². The van der Waals surface area contributed by atoms with E-state index < -0.39 is 20.2 Å². The molecule has 10 nitrogen and oxygen atoms in total. The summed E-state index contributed by atoms with van der Waals surface area (Å²) in [6, 6.07) is 0. The average Bonchev–Trinajstić information content (AvgIpc) is 1.87. The van der Waals surface area contributed by atoms with E-state index in [1.807, 2.05) is 0 Å². The highest BCUT2D eigenvalue weighted by atomic mass is 32.2. The minimum absolute atomic E-state index is 0. The molecule has 0 aromatic carbocycles. The van der Waals surface area contributed by atoms with Gasteiger partial charge >= 0.3 is 0 Å². The Morgan fingerprint density at radius 2 is 1.07 bits per heavy atom. The second-order valence-corrected chi connectivity index (χ2v) is 4.54. The van der Waals surface area contributed by atoms with E-state index in [4.69, 9.17) is 20.3 Å². The van der Waals surface area contributed by atoms with Crippen LogP contribution in [0.25, 0.3) is 0 Å². The van der Waals surface area contributed by atoms with Gasteiger partial charge < -0.3 is 5.48 Å². The first kappa shape index (κ1) is 29.3. The van der Waals surface area contributed by atoms with E-state index in [-0.39, 0.29) is 12.9 Å². The van der Waals surface area contributed by atoms with Crippen molar-refractivity contribution in [1.82, 2.24) is 0 Å². The Hall–Kier alpha value is -0.340. The highest BCUT2D eigenvalue weighted by molar-refractivity contribution is 7.85. The van der Waals surface area contributed by atoms with Crippen LogP contribution >= 0.6 is 0 Å². The third-order valence-electron chi connectivity index (χ3n) is 0.135. The van der Waals surface area contributed by atoms with Crippen LogP contribution in [0, 0.1) is 0 Å². The Labute approximate surface area is 87.8 Å². The van der Waals surface area contributed by atoms with Crippen LogP contribution in [0.4, 0.5) is 0 Å². The normalized spacial score (nSPS) is 8.93. The molecular formula is C3H16O10S2. The molecule has 0 aromatic heterocycles. The number of hydrogen-bond acceptors (Lipinski definition) is 8. The zero-order valence-corrected chi connectivity index (χ0v) is 8.78. The minimum atomic E-state index is -3.67. The molecule has 6 N–H and O–H groups in total. The van der Waals surface area contributed by atoms with Crippen molar-refractivity contribution in [2.24, 2.45) is 0 Å². The first-order valence-electron chi connectivity index (χ1n) is 2.21. The van der Waals surface area contributed by atoms with Crippen molar-refractivity contribution in [3.63, 3.8) is 0 Å². The lowest BCUT2D eigenvalue weighted by Crippen LogP contribution is -1.96. The maximum absolute atomic E-state index is 9.53. The second-order valence-electron chi connectivity index (χ2n) is 1.51. The van der Waals surface area contributed by atoms with Crippen molar-refractivity contribution in [3.8, 4) is 0 Å². The van der Waals surface area contributed by atoms with Crippen LogP contribution in [-0.4, -0.2) is 55.1 Å². The van der Waals surface area contributed by atoms with Gasteiger partial charge in [-0.3, -0.25) is 15.1 Å². The Kier molecular flexibility index (Phi) is 26.7. The highest BCUT2D eigenvalue weighted by Gasteiger charge is 1.93. The lowest BCUT2D eigenvalue weighted by molar-refractivity contribution is -0.176. The molecule has 0 saturated heterocycles. The summed E-state index contributed by atoms with van der Waals surface area (Å²) < 4.78 is 47.8. The summed E-state index contributed by atoms with van der Waals surface area (Å²) in [5.41, 5.74) is 0. The van der Waals surface area contributed by atoms with Gasteiger partial charge in [0.15, 0.2) is 0 Å². The van der Waals surface area contributed by atoms with Gasteiger partial charge in [-0.15, -0.1) is 4.33 Å². The summed E-state index contributed by atoms with van der Waals surface area (Å²) >= 11 is 0. The fraction of sp³-hybridized carbons (Fsp3) is 1.00. The van der Waals surface area contributed by atoms with E-state index in [1.54, 1.807) is 0 Å². The molecule has 15 heavy (non-hydrogen) atoms. The Morgan fingerprint density at radius 1 is 1.00 bits per heavy atom. The number of hydrogen-bond donors (Lipinski definition) is 4. The van der Waals surface area contributed by atoms with E-state index in [2.05, 4.69) is 4.33 Å². The SMILES string of the molecule is C.CS(=O)(=O)O.CS(=O)(=O)OO.O.OO. The predicted octanol–water partition coefficient (Wildman–Crippen LogP) is -1.23. The fourth-order valence-electron chi connectivity index (χ4n) is 0. The highest BCUT2D eigenvalue weighted by Crippen LogP contribution is 1.75. The maximum Gasteiger partial charge on any atom is 0.290 e. The first-order chi connectivity index (χ1) is 5.56. The van der Waals surface area contributed by atoms with Crippen LogP contribution in [0.15, 0.2) is 0 Å². The van der Waals surface area contributed by atoms with Gasteiger partial charge in [0, 0.05) is 0 Å². The van der Waals surface area contributed by atoms with E-state index in [0.717, 1.165) is 6.26 Å². The van der Waals surface area contributed by atoms with E-state index in [9.17, 15) is 16.8 Å². The van der Waals surface area contributed by atoms with Crippen molar-refractivity contribution >= 4 is 20.2 Å². The van der Waals surface area contributed by atoms with Gasteiger partial charge in [-0.2, -0.15) is 16.8 Å². The van der Waals surface area contributed by atoms with Gasteiger partial charge in [-0.25, -0.2) is 5.26 Å². The largest absolute Gasteiger partial charge is 0.412 e. The molecule has 0 spiro atoms. The van der Waals surface area contributed by atoms with Crippen LogP contribution in [0.5, 0.6) is 0 Å². The molecule has 0 amide bonds. The summed E-state index contributed by atoms with van der Waals surface area (Å²) in [7, 11) is -7.27. The van der Waals surface area contributed by atoms with Crippen LogP contribution < -0.4 is 0 Å². The molecule has 0 heterocycles. The van der Waals surface area contributed by atoms with Gasteiger partial charge in [0.05, 0.1) is 12.5 Å². The molecule has 0 aliphatic heterocycles. The monoisotopic (exact) mass is 276 g/mol. The minimum Gasteiger partial charge on any atom is -0.412 e. The van der Waals surface area contributed by atoms with Crippen LogP contribution in [0.1, 0.15) is 7.43 Å². The summed E-state index contributed by atoms with van der Waals surface area (Å²) in [4.78, 5) is 0. The molecule has 0 aromatic rings. The fourth-order valence-corrected chi connectivity index (χ4v) is 0. The summed E-state index contributed by atoms with van der Waals surface area (Å²) in [5, 5.41) is 19.3. The molecule has 12 heteroatoms. The van der Waals surface area contributed by atoms with Crippen molar-refractivity contribution in [2.45, 2.75) is 7.43 Å². The molecule has 0 saturated carbocycles. The van der Waals surface area contributed by atoms with Crippen LogP contribution in [-0.2, 0) is 24.6 Å². The standard InChI is InChI=1S/CH4O4S.CH4O3S.CH4.H2O2.H2O/c1-6(3,4)5-2;1-5(2,3)4;;1-2;/h2H,1H3;1H3,(H,2,3,4);1H4;1-2H;1H2. The summed E-state index contributed by atoms with van der Waals surface area (Å²) in [5.74, 6) is 0.